The Morgan fingerprint density at radius 1 is 1.21 bits per heavy atom. The monoisotopic (exact) mass is 337 g/mol. The molecule has 0 unspecified atom stereocenters. The summed E-state index contributed by atoms with van der Waals surface area (Å²) in [4.78, 5) is 4.22. The number of nitrogens with one attached hydrogen (secondary N) is 2. The quantitative estimate of drug-likeness (QED) is 0.623. The Balaban J connectivity index is 1.86. The number of anilines is 2. The molecule has 0 atom stereocenters. The highest BCUT2D eigenvalue weighted by molar-refractivity contribution is 6.33. The summed E-state index contributed by atoms with van der Waals surface area (Å²) in [6.07, 6.45) is 1.57. The lowest BCUT2D eigenvalue weighted by Crippen LogP contribution is -1.93. The molecule has 3 rings (SSSR count). The van der Waals surface area contributed by atoms with E-state index in [1.165, 1.54) is 0 Å². The number of phenols is 1. The number of benzene rings is 2. The normalized spacial score (nSPS) is 10.7. The Morgan fingerprint density at radius 3 is 2.67 bits per heavy atom. The number of hydrogen-bond donors (Lipinski definition) is 3. The molecule has 0 amide bonds. The van der Waals surface area contributed by atoms with Gasteiger partial charge in [-0.2, -0.15) is 10.4 Å². The SMILES string of the molecule is N#Cc1c(N=Cc2ccc(O)cc2)n[nH]c1Nc1ccccc1Cl. The van der Waals surface area contributed by atoms with Crippen molar-refractivity contribution in [3.8, 4) is 11.8 Å². The van der Waals surface area contributed by atoms with Crippen LogP contribution in [0.3, 0.4) is 0 Å². The molecule has 24 heavy (non-hydrogen) atoms. The number of nitrogens with zero attached hydrogens (tertiary/aromatic N) is 3. The van der Waals surface area contributed by atoms with Gasteiger partial charge in [-0.15, -0.1) is 0 Å². The smallest absolute Gasteiger partial charge is 0.193 e. The molecular formula is C17H12ClN5O. The predicted molar refractivity (Wildman–Crippen MR) is 93.4 cm³/mol. The van der Waals surface area contributed by atoms with Crippen LogP contribution in [-0.4, -0.2) is 21.5 Å². The van der Waals surface area contributed by atoms with Gasteiger partial charge in [0, 0.05) is 6.21 Å². The van der Waals surface area contributed by atoms with E-state index in [-0.39, 0.29) is 17.1 Å². The molecule has 0 bridgehead atoms. The lowest BCUT2D eigenvalue weighted by molar-refractivity contribution is 0.475. The number of aliphatic imine (C=N–C) groups is 1. The van der Waals surface area contributed by atoms with E-state index in [1.807, 2.05) is 12.1 Å². The van der Waals surface area contributed by atoms with Gasteiger partial charge in [-0.3, -0.25) is 5.10 Å². The van der Waals surface area contributed by atoms with Crippen LogP contribution in [0.2, 0.25) is 5.02 Å². The minimum absolute atomic E-state index is 0.177. The Morgan fingerprint density at radius 2 is 1.96 bits per heavy atom. The van der Waals surface area contributed by atoms with Crippen molar-refractivity contribution in [3.63, 3.8) is 0 Å². The number of aromatic amines is 1. The van der Waals surface area contributed by atoms with Crippen LogP contribution in [0, 0.1) is 11.3 Å². The largest absolute Gasteiger partial charge is 0.508 e. The molecule has 1 heterocycles. The first-order valence-electron chi connectivity index (χ1n) is 7.00. The van der Waals surface area contributed by atoms with E-state index < -0.39 is 0 Å². The number of rotatable bonds is 4. The molecule has 3 aromatic rings. The van der Waals surface area contributed by atoms with Gasteiger partial charge in [0.15, 0.2) is 5.82 Å². The highest BCUT2D eigenvalue weighted by Gasteiger charge is 2.13. The highest BCUT2D eigenvalue weighted by atomic mass is 35.5. The number of H-pyrrole nitrogens is 1. The van der Waals surface area contributed by atoms with Crippen molar-refractivity contribution in [2.75, 3.05) is 5.32 Å². The molecule has 3 N–H and O–H groups in total. The summed E-state index contributed by atoms with van der Waals surface area (Å²) in [6, 6.07) is 15.8. The van der Waals surface area contributed by atoms with Gasteiger partial charge in [0.1, 0.15) is 23.2 Å². The van der Waals surface area contributed by atoms with Gasteiger partial charge in [0.25, 0.3) is 0 Å². The van der Waals surface area contributed by atoms with Gasteiger partial charge in [-0.05, 0) is 42.0 Å². The maximum absolute atomic E-state index is 9.38. The van der Waals surface area contributed by atoms with E-state index in [2.05, 4.69) is 26.6 Å². The van der Waals surface area contributed by atoms with Gasteiger partial charge >= 0.3 is 0 Å². The first-order valence-corrected chi connectivity index (χ1v) is 7.38. The van der Waals surface area contributed by atoms with E-state index in [9.17, 15) is 10.4 Å². The molecule has 0 saturated carbocycles. The van der Waals surface area contributed by atoms with Crippen LogP contribution in [0.25, 0.3) is 0 Å². The van der Waals surface area contributed by atoms with Crippen LogP contribution in [-0.2, 0) is 0 Å². The summed E-state index contributed by atoms with van der Waals surface area (Å²) in [5.74, 6) is 0.861. The third kappa shape index (κ3) is 3.37. The van der Waals surface area contributed by atoms with Crippen LogP contribution in [0.1, 0.15) is 11.1 Å². The predicted octanol–water partition coefficient (Wildman–Crippen LogP) is 4.13. The van der Waals surface area contributed by atoms with Crippen LogP contribution in [0.5, 0.6) is 5.75 Å². The summed E-state index contributed by atoms with van der Waals surface area (Å²) in [5.41, 5.74) is 1.72. The molecule has 0 aliphatic heterocycles. The summed E-state index contributed by atoms with van der Waals surface area (Å²) >= 11 is 6.10. The molecule has 1 aromatic heterocycles. The van der Waals surface area contributed by atoms with Crippen LogP contribution < -0.4 is 5.32 Å². The highest BCUT2D eigenvalue weighted by Crippen LogP contribution is 2.29. The second-order valence-electron chi connectivity index (χ2n) is 4.86. The van der Waals surface area contributed by atoms with Crippen molar-refractivity contribution < 1.29 is 5.11 Å². The molecule has 118 valence electrons. The molecule has 2 aromatic carbocycles. The van der Waals surface area contributed by atoms with Crippen LogP contribution in [0.4, 0.5) is 17.3 Å². The number of halogens is 1. The first-order chi connectivity index (χ1) is 11.7. The topological polar surface area (TPSA) is 97.1 Å². The Labute approximate surface area is 143 Å². The molecule has 0 saturated heterocycles. The number of phenolic OH excluding ortho intramolecular Hbond substituents is 1. The van der Waals surface area contributed by atoms with Crippen molar-refractivity contribution >= 4 is 35.1 Å². The fourth-order valence-electron chi connectivity index (χ4n) is 2.02. The average Bonchev–Trinajstić information content (AvgIpc) is 2.98. The summed E-state index contributed by atoms with van der Waals surface area (Å²) in [7, 11) is 0. The lowest BCUT2D eigenvalue weighted by atomic mass is 10.2. The summed E-state index contributed by atoms with van der Waals surface area (Å²) in [5, 5.41) is 29.0. The number of aromatic nitrogens is 2. The molecular weight excluding hydrogens is 326 g/mol. The Bertz CT molecular complexity index is 925. The van der Waals surface area contributed by atoms with Crippen molar-refractivity contribution in [2.24, 2.45) is 4.99 Å². The number of para-hydroxylation sites is 1. The zero-order valence-electron chi connectivity index (χ0n) is 12.4. The number of aromatic hydroxyl groups is 1. The maximum atomic E-state index is 9.38. The fourth-order valence-corrected chi connectivity index (χ4v) is 2.20. The van der Waals surface area contributed by atoms with Crippen LogP contribution in [0.15, 0.2) is 53.5 Å². The van der Waals surface area contributed by atoms with E-state index >= 15 is 0 Å². The minimum Gasteiger partial charge on any atom is -0.508 e. The molecule has 0 aliphatic carbocycles. The zero-order valence-corrected chi connectivity index (χ0v) is 13.1. The Hall–Kier alpha value is -3.30. The van der Waals surface area contributed by atoms with Gasteiger partial charge < -0.3 is 10.4 Å². The van der Waals surface area contributed by atoms with E-state index in [0.717, 1.165) is 5.56 Å². The minimum atomic E-state index is 0.177. The van der Waals surface area contributed by atoms with Crippen LogP contribution >= 0.6 is 11.6 Å². The van der Waals surface area contributed by atoms with E-state index in [0.29, 0.717) is 16.5 Å². The molecule has 0 fully saturated rings. The van der Waals surface area contributed by atoms with Gasteiger partial charge in [-0.1, -0.05) is 23.7 Å². The first kappa shape index (κ1) is 15.6. The van der Waals surface area contributed by atoms with Gasteiger partial charge in [0.2, 0.25) is 0 Å². The molecule has 7 heteroatoms. The second-order valence-corrected chi connectivity index (χ2v) is 5.27. The molecule has 6 nitrogen and oxygen atoms in total. The summed E-state index contributed by atoms with van der Waals surface area (Å²) in [6.45, 7) is 0. The lowest BCUT2D eigenvalue weighted by Gasteiger charge is -2.05. The molecule has 0 spiro atoms. The van der Waals surface area contributed by atoms with E-state index in [1.54, 1.807) is 42.6 Å². The van der Waals surface area contributed by atoms with Gasteiger partial charge in [-0.25, -0.2) is 4.99 Å². The van der Waals surface area contributed by atoms with Crippen molar-refractivity contribution in [1.82, 2.24) is 10.2 Å². The third-order valence-corrected chi connectivity index (χ3v) is 3.55. The zero-order chi connectivity index (χ0) is 16.9. The fraction of sp³-hybridized carbons (Fsp3) is 0. The number of nitriles is 1. The average molecular weight is 338 g/mol. The maximum Gasteiger partial charge on any atom is 0.193 e. The molecule has 0 aliphatic rings. The Kier molecular flexibility index (Phi) is 4.45. The second kappa shape index (κ2) is 6.86. The van der Waals surface area contributed by atoms with Crippen molar-refractivity contribution in [1.29, 1.82) is 5.26 Å². The van der Waals surface area contributed by atoms with Crippen molar-refractivity contribution in [2.45, 2.75) is 0 Å². The van der Waals surface area contributed by atoms with E-state index in [4.69, 9.17) is 11.6 Å². The summed E-state index contributed by atoms with van der Waals surface area (Å²) < 4.78 is 0. The third-order valence-electron chi connectivity index (χ3n) is 3.22. The standard InChI is InChI=1S/C17H12ClN5O/c18-14-3-1-2-4-15(14)21-17-13(9-19)16(22-23-17)20-10-11-5-7-12(24)8-6-11/h1-8,10,24H,(H2,21,22,23). The van der Waals surface area contributed by atoms with Crippen molar-refractivity contribution in [3.05, 3.63) is 64.7 Å². The number of hydrogen-bond acceptors (Lipinski definition) is 5. The molecule has 0 radical (unpaired) electrons. The van der Waals surface area contributed by atoms with Gasteiger partial charge in [0.05, 0.1) is 10.7 Å².